The van der Waals surface area contributed by atoms with Gasteiger partial charge in [-0.3, -0.25) is 4.79 Å². The van der Waals surface area contributed by atoms with E-state index in [1.165, 1.54) is 16.7 Å². The first-order valence-electron chi connectivity index (χ1n) is 6.82. The Labute approximate surface area is 111 Å². The molecule has 1 spiro atoms. The lowest BCUT2D eigenvalue weighted by molar-refractivity contribution is -0.118. The number of hydrogen-bond acceptors (Lipinski definition) is 1. The lowest BCUT2D eigenvalue weighted by atomic mass is 9.86. The molecule has 3 atom stereocenters. The zero-order valence-electron chi connectivity index (χ0n) is 10.4. The number of carbonyl (C=O) groups is 1. The second kappa shape index (κ2) is 2.90. The van der Waals surface area contributed by atoms with E-state index in [-0.39, 0.29) is 11.3 Å². The van der Waals surface area contributed by atoms with E-state index in [2.05, 4.69) is 35.6 Å². The Hall–Kier alpha value is -2.09. The van der Waals surface area contributed by atoms with Gasteiger partial charge in [0, 0.05) is 11.6 Å². The van der Waals surface area contributed by atoms with Gasteiger partial charge in [-0.25, -0.2) is 0 Å². The SMILES string of the molecule is O=C1Nc2ccccc2C12C1Cc3ccccc3C12. The third kappa shape index (κ3) is 0.918. The third-order valence-corrected chi connectivity index (χ3v) is 5.20. The van der Waals surface area contributed by atoms with Crippen LogP contribution in [-0.2, 0) is 16.6 Å². The molecule has 0 bridgehead atoms. The van der Waals surface area contributed by atoms with Crippen molar-refractivity contribution in [3.8, 4) is 0 Å². The summed E-state index contributed by atoms with van der Waals surface area (Å²) in [5.41, 5.74) is 4.79. The fraction of sp³-hybridized carbons (Fsp3) is 0.235. The normalized spacial score (nSPS) is 32.7. The first-order valence-corrected chi connectivity index (χ1v) is 6.82. The second-order valence-electron chi connectivity index (χ2n) is 5.86. The van der Waals surface area contributed by atoms with Gasteiger partial charge in [0.05, 0.1) is 5.41 Å². The zero-order valence-corrected chi connectivity index (χ0v) is 10.4. The molecule has 0 radical (unpaired) electrons. The first-order chi connectivity index (χ1) is 9.33. The summed E-state index contributed by atoms with van der Waals surface area (Å²) in [4.78, 5) is 12.5. The van der Waals surface area contributed by atoms with Crippen LogP contribution in [0.25, 0.3) is 0 Å². The molecule has 5 rings (SSSR count). The van der Waals surface area contributed by atoms with Crippen molar-refractivity contribution in [1.29, 1.82) is 0 Å². The summed E-state index contributed by atoms with van der Waals surface area (Å²) in [7, 11) is 0. The number of hydrogen-bond donors (Lipinski definition) is 1. The van der Waals surface area contributed by atoms with Crippen LogP contribution >= 0.6 is 0 Å². The van der Waals surface area contributed by atoms with Gasteiger partial charge in [0.15, 0.2) is 0 Å². The number of para-hydroxylation sites is 1. The molecule has 1 saturated carbocycles. The predicted octanol–water partition coefficient (Wildman–Crippen LogP) is 2.85. The number of fused-ring (bicyclic) bond motifs is 7. The molecular weight excluding hydrogens is 234 g/mol. The second-order valence-corrected chi connectivity index (χ2v) is 5.86. The Balaban J connectivity index is 1.73. The average molecular weight is 247 g/mol. The highest BCUT2D eigenvalue weighted by atomic mass is 16.2. The van der Waals surface area contributed by atoms with Gasteiger partial charge >= 0.3 is 0 Å². The van der Waals surface area contributed by atoms with Gasteiger partial charge in [-0.05, 0) is 35.1 Å². The summed E-state index contributed by atoms with van der Waals surface area (Å²) in [5, 5.41) is 3.07. The van der Waals surface area contributed by atoms with Crippen LogP contribution in [0.2, 0.25) is 0 Å². The molecule has 2 aromatic rings. The molecule has 3 unspecified atom stereocenters. The molecule has 0 saturated heterocycles. The summed E-state index contributed by atoms with van der Waals surface area (Å²) >= 11 is 0. The smallest absolute Gasteiger partial charge is 0.236 e. The lowest BCUT2D eigenvalue weighted by Gasteiger charge is -2.14. The van der Waals surface area contributed by atoms with Gasteiger partial charge in [-0.2, -0.15) is 0 Å². The van der Waals surface area contributed by atoms with Crippen molar-refractivity contribution in [2.45, 2.75) is 17.8 Å². The molecule has 1 heterocycles. The van der Waals surface area contributed by atoms with Crippen LogP contribution in [0.3, 0.4) is 0 Å². The first kappa shape index (κ1) is 9.79. The summed E-state index contributed by atoms with van der Waals surface area (Å²) < 4.78 is 0. The molecule has 1 aliphatic heterocycles. The molecule has 1 N–H and O–H groups in total. The molecular formula is C17H13NO. The maximum absolute atomic E-state index is 12.5. The van der Waals surface area contributed by atoms with Crippen LogP contribution in [0.1, 0.15) is 22.6 Å². The minimum atomic E-state index is -0.259. The summed E-state index contributed by atoms with van der Waals surface area (Å²) in [5.74, 6) is 1.07. The molecule has 1 amide bonds. The fourth-order valence-electron chi connectivity index (χ4n) is 4.44. The van der Waals surface area contributed by atoms with Crippen molar-refractivity contribution in [2.24, 2.45) is 5.92 Å². The minimum absolute atomic E-state index is 0.207. The van der Waals surface area contributed by atoms with Crippen LogP contribution in [0, 0.1) is 5.92 Å². The maximum atomic E-state index is 12.5. The van der Waals surface area contributed by atoms with E-state index in [9.17, 15) is 4.79 Å². The number of benzene rings is 2. The number of rotatable bonds is 0. The van der Waals surface area contributed by atoms with Crippen molar-refractivity contribution in [3.63, 3.8) is 0 Å². The Morgan fingerprint density at radius 1 is 1.05 bits per heavy atom. The van der Waals surface area contributed by atoms with E-state index in [0.29, 0.717) is 11.8 Å². The topological polar surface area (TPSA) is 29.1 Å². The molecule has 2 aromatic carbocycles. The van der Waals surface area contributed by atoms with Crippen molar-refractivity contribution < 1.29 is 4.79 Å². The number of amides is 1. The Bertz CT molecular complexity index is 736. The van der Waals surface area contributed by atoms with Crippen LogP contribution < -0.4 is 5.32 Å². The van der Waals surface area contributed by atoms with Crippen LogP contribution in [0.4, 0.5) is 5.69 Å². The number of anilines is 1. The lowest BCUT2D eigenvalue weighted by Crippen LogP contribution is -2.25. The van der Waals surface area contributed by atoms with Crippen LogP contribution in [0.5, 0.6) is 0 Å². The zero-order chi connectivity index (χ0) is 12.6. The van der Waals surface area contributed by atoms with E-state index >= 15 is 0 Å². The monoisotopic (exact) mass is 247 g/mol. The highest BCUT2D eigenvalue weighted by Crippen LogP contribution is 2.73. The summed E-state index contributed by atoms with van der Waals surface area (Å²) in [6, 6.07) is 16.8. The largest absolute Gasteiger partial charge is 0.325 e. The molecule has 1 fully saturated rings. The van der Waals surface area contributed by atoms with E-state index in [4.69, 9.17) is 0 Å². The van der Waals surface area contributed by atoms with Crippen molar-refractivity contribution in [3.05, 3.63) is 65.2 Å². The van der Waals surface area contributed by atoms with Gasteiger partial charge < -0.3 is 5.32 Å². The Kier molecular flexibility index (Phi) is 1.50. The highest BCUT2D eigenvalue weighted by Gasteiger charge is 2.75. The standard InChI is InChI=1S/C17H13NO/c19-16-17(12-7-3-4-8-14(12)18-16)13-9-10-5-1-2-6-11(10)15(13)17/h1-8,13,15H,9H2,(H,18,19). The Morgan fingerprint density at radius 2 is 1.84 bits per heavy atom. The minimum Gasteiger partial charge on any atom is -0.325 e. The van der Waals surface area contributed by atoms with Gasteiger partial charge in [-0.1, -0.05) is 42.5 Å². The summed E-state index contributed by atoms with van der Waals surface area (Å²) in [6.45, 7) is 0. The Morgan fingerprint density at radius 3 is 2.79 bits per heavy atom. The quantitative estimate of drug-likeness (QED) is 0.762. The van der Waals surface area contributed by atoms with Gasteiger partial charge in [0.25, 0.3) is 0 Å². The van der Waals surface area contributed by atoms with Crippen LogP contribution in [0.15, 0.2) is 48.5 Å². The maximum Gasteiger partial charge on any atom is 0.236 e. The van der Waals surface area contributed by atoms with E-state index in [0.717, 1.165) is 12.1 Å². The average Bonchev–Trinajstić information content (AvgIpc) is 2.77. The van der Waals surface area contributed by atoms with Gasteiger partial charge in [0.2, 0.25) is 5.91 Å². The number of carbonyl (C=O) groups excluding carboxylic acids is 1. The van der Waals surface area contributed by atoms with E-state index in [1.54, 1.807) is 0 Å². The molecule has 19 heavy (non-hydrogen) atoms. The van der Waals surface area contributed by atoms with Gasteiger partial charge in [-0.15, -0.1) is 0 Å². The van der Waals surface area contributed by atoms with E-state index in [1.807, 2.05) is 18.2 Å². The van der Waals surface area contributed by atoms with Gasteiger partial charge in [0.1, 0.15) is 0 Å². The molecule has 2 heteroatoms. The molecule has 3 aliphatic rings. The third-order valence-electron chi connectivity index (χ3n) is 5.20. The van der Waals surface area contributed by atoms with E-state index < -0.39 is 0 Å². The molecule has 92 valence electrons. The number of nitrogens with one attached hydrogen (secondary N) is 1. The summed E-state index contributed by atoms with van der Waals surface area (Å²) in [6.07, 6.45) is 1.04. The van der Waals surface area contributed by atoms with Crippen molar-refractivity contribution in [1.82, 2.24) is 0 Å². The predicted molar refractivity (Wildman–Crippen MR) is 73.1 cm³/mol. The molecule has 2 nitrogen and oxygen atoms in total. The highest BCUT2D eigenvalue weighted by molar-refractivity contribution is 6.10. The molecule has 2 aliphatic carbocycles. The van der Waals surface area contributed by atoms with Crippen molar-refractivity contribution >= 4 is 11.6 Å². The fourth-order valence-corrected chi connectivity index (χ4v) is 4.44. The molecule has 0 aromatic heterocycles. The van der Waals surface area contributed by atoms with Crippen molar-refractivity contribution in [2.75, 3.05) is 5.32 Å². The van der Waals surface area contributed by atoms with Crippen LogP contribution in [-0.4, -0.2) is 5.91 Å².